The van der Waals surface area contributed by atoms with Crippen molar-refractivity contribution in [2.75, 3.05) is 5.73 Å². The van der Waals surface area contributed by atoms with Crippen LogP contribution in [0, 0.1) is 0 Å². The molecule has 16 N–H and O–H groups in total. The Balaban J connectivity index is 0.000000368. The first-order valence-electron chi connectivity index (χ1n) is 12.2. The summed E-state index contributed by atoms with van der Waals surface area (Å²) in [6.45, 7) is 0. The second kappa shape index (κ2) is 16.3. The van der Waals surface area contributed by atoms with E-state index in [1.165, 1.54) is 54.6 Å². The zero-order valence-corrected chi connectivity index (χ0v) is 30.9. The predicted molar refractivity (Wildman–Crippen MR) is 177 cm³/mol. The topological polar surface area (TPSA) is 397 Å². The summed E-state index contributed by atoms with van der Waals surface area (Å²) in [5.74, 6) is 0. The van der Waals surface area contributed by atoms with Gasteiger partial charge in [-0.15, -0.1) is 0 Å². The van der Waals surface area contributed by atoms with Gasteiger partial charge in [-0.2, -0.15) is 0 Å². The van der Waals surface area contributed by atoms with Gasteiger partial charge in [0.15, 0.2) is 5.40 Å². The van der Waals surface area contributed by atoms with Crippen molar-refractivity contribution in [3.8, 4) is 0 Å². The summed E-state index contributed by atoms with van der Waals surface area (Å²) in [5, 5.41) is -4.90. The van der Waals surface area contributed by atoms with Gasteiger partial charge in [-0.25, -0.2) is 0 Å². The normalized spacial score (nSPS) is 13.6. The van der Waals surface area contributed by atoms with Gasteiger partial charge >= 0.3 is 45.6 Å². The molecule has 0 aromatic heterocycles. The van der Waals surface area contributed by atoms with Crippen molar-refractivity contribution in [1.82, 2.24) is 0 Å². The zero-order valence-electron chi connectivity index (χ0n) is 24.0. The maximum absolute atomic E-state index is 11.2. The first-order chi connectivity index (χ1) is 21.7. The van der Waals surface area contributed by atoms with Gasteiger partial charge in [0.2, 0.25) is 5.02 Å². The zero-order chi connectivity index (χ0) is 38.7. The van der Waals surface area contributed by atoms with Crippen molar-refractivity contribution in [1.29, 1.82) is 0 Å². The maximum atomic E-state index is 11.2. The lowest BCUT2D eigenvalue weighted by Gasteiger charge is -2.30. The third-order valence-electron chi connectivity index (χ3n) is 5.94. The Hall–Kier alpha value is -1.10. The van der Waals surface area contributed by atoms with Crippen LogP contribution in [0.1, 0.15) is 22.1 Å². The Bertz CT molecular complexity index is 1800. The highest BCUT2D eigenvalue weighted by Gasteiger charge is 2.61. The fourth-order valence-electron chi connectivity index (χ4n) is 3.61. The summed E-state index contributed by atoms with van der Waals surface area (Å²) >= 11 is 11.0. The molecule has 0 saturated carbocycles. The summed E-state index contributed by atoms with van der Waals surface area (Å²) < 4.78 is 63.8. The molecule has 0 fully saturated rings. The Morgan fingerprint density at radius 1 is 0.531 bits per heavy atom. The molecule has 0 aliphatic heterocycles. The first kappa shape index (κ1) is 45.9. The lowest BCUT2D eigenvalue weighted by Crippen LogP contribution is -2.36. The number of benzene rings is 3. The van der Waals surface area contributed by atoms with E-state index in [2.05, 4.69) is 0 Å². The predicted octanol–water partition coefficient (Wildman–Crippen LogP) is 2.78. The number of alkyl halides is 1. The Kier molecular flexibility index (Phi) is 15.3. The number of nitrogens with two attached hydrogens (primary N) is 2. The van der Waals surface area contributed by atoms with E-state index in [0.717, 1.165) is 24.3 Å². The molecule has 28 heteroatoms. The van der Waals surface area contributed by atoms with Crippen LogP contribution in [0.25, 0.3) is 0 Å². The van der Waals surface area contributed by atoms with Crippen molar-refractivity contribution < 1.29 is 86.1 Å². The standard InChI is InChI=1S/2C7H9ClO6P2.C7H12N2O6P2/c8-6-3-1-5(2-4-6)7(15(9,10)11)16(12,13)14;8-7(15(9,10)11,16(12,13)14)6-4-2-1-3-5-6;8-6-3-1-5(2-4-6)7(9,16(10,11)12)17(13,14)15/h1-4,7H,(H2,9,10,11)(H2,12,13,14);1-5H,(H2,9,10,11)(H2,12,13,14);1-4H,8-9H2,(H2,10,11,12)(H2,13,14,15). The molecule has 49 heavy (non-hydrogen) atoms. The van der Waals surface area contributed by atoms with Gasteiger partial charge in [0, 0.05) is 10.7 Å². The second-order valence-electron chi connectivity index (χ2n) is 9.58. The first-order valence-corrected chi connectivity index (χ1v) is 22.8. The van der Waals surface area contributed by atoms with Gasteiger partial charge in [0.05, 0.1) is 0 Å². The van der Waals surface area contributed by atoms with Gasteiger partial charge in [-0.05, 0) is 41.0 Å². The Morgan fingerprint density at radius 3 is 1.20 bits per heavy atom. The van der Waals surface area contributed by atoms with E-state index in [9.17, 15) is 27.4 Å². The number of rotatable bonds is 9. The van der Waals surface area contributed by atoms with Crippen LogP contribution in [0.4, 0.5) is 5.69 Å². The highest BCUT2D eigenvalue weighted by molar-refractivity contribution is 7.74. The fraction of sp³-hybridized carbons (Fsp3) is 0.143. The molecule has 0 heterocycles. The van der Waals surface area contributed by atoms with Crippen molar-refractivity contribution in [3.05, 3.63) is 101 Å². The van der Waals surface area contributed by atoms with Crippen LogP contribution in [0.5, 0.6) is 0 Å². The molecule has 20 nitrogen and oxygen atoms in total. The molecule has 3 aromatic carbocycles. The quantitative estimate of drug-likeness (QED) is 0.0835. The lowest BCUT2D eigenvalue weighted by atomic mass is 10.2. The highest BCUT2D eigenvalue weighted by Crippen LogP contribution is 2.77. The average Bonchev–Trinajstić information content (AvgIpc) is 2.91. The van der Waals surface area contributed by atoms with Crippen molar-refractivity contribution >= 4 is 74.5 Å². The van der Waals surface area contributed by atoms with Gasteiger partial charge in [0.1, 0.15) is 0 Å². The molecule has 3 rings (SSSR count). The molecule has 0 aliphatic rings. The number of anilines is 1. The molecule has 0 radical (unpaired) electrons. The Morgan fingerprint density at radius 2 is 0.898 bits per heavy atom. The van der Waals surface area contributed by atoms with Gasteiger partial charge < -0.3 is 70.2 Å². The third kappa shape index (κ3) is 11.4. The van der Waals surface area contributed by atoms with Gasteiger partial charge in [-0.3, -0.25) is 27.4 Å². The minimum Gasteiger partial charge on any atom is -0.399 e. The molecular formula is C21H30Cl2N2O18P6. The molecule has 0 bridgehead atoms. The third-order valence-corrected chi connectivity index (χ3v) is 18.9. The van der Waals surface area contributed by atoms with Crippen LogP contribution in [-0.4, -0.2) is 58.7 Å². The number of nitrogen functional groups attached to an aromatic ring is 1. The van der Waals surface area contributed by atoms with Crippen LogP contribution in [-0.2, 0) is 36.8 Å². The molecular weight excluding hydrogens is 825 g/mol. The van der Waals surface area contributed by atoms with Crippen molar-refractivity contribution in [2.45, 2.75) is 14.8 Å². The van der Waals surface area contributed by atoms with Crippen LogP contribution in [0.3, 0.4) is 0 Å². The lowest BCUT2D eigenvalue weighted by molar-refractivity contribution is 0.309. The smallest absolute Gasteiger partial charge is 0.363 e. The van der Waals surface area contributed by atoms with E-state index < -0.39 is 60.4 Å². The summed E-state index contributed by atoms with van der Waals surface area (Å²) in [6.07, 6.45) is 0. The molecule has 0 atom stereocenters. The second-order valence-corrected chi connectivity index (χ2v) is 22.7. The largest absolute Gasteiger partial charge is 0.399 e. The van der Waals surface area contributed by atoms with Gasteiger partial charge in [-0.1, -0.05) is 77.8 Å². The molecule has 0 saturated heterocycles. The van der Waals surface area contributed by atoms with E-state index in [4.69, 9.17) is 93.4 Å². The van der Waals surface area contributed by atoms with E-state index in [0.29, 0.717) is 5.02 Å². The highest BCUT2D eigenvalue weighted by atomic mass is 35.5. The fourth-order valence-corrected chi connectivity index (χ4v) is 11.2. The van der Waals surface area contributed by atoms with E-state index in [1.54, 1.807) is 0 Å². The van der Waals surface area contributed by atoms with Crippen LogP contribution in [0.2, 0.25) is 5.02 Å². The summed E-state index contributed by atoms with van der Waals surface area (Å²) in [4.78, 5) is 108. The molecule has 3 aromatic rings. The van der Waals surface area contributed by atoms with Crippen molar-refractivity contribution in [2.24, 2.45) is 5.73 Å². The SMILES string of the molecule is Nc1ccc(C(N)(P(=O)(O)O)P(=O)(O)O)cc1.O=P(O)(O)C(Cl)(c1ccccc1)P(=O)(O)O.O=P(O)(O)C(c1ccc(Cl)cc1)P(=O)(O)O. The van der Waals surface area contributed by atoms with Gasteiger partial charge in [0.25, 0.3) is 4.36 Å². The van der Waals surface area contributed by atoms with Crippen LogP contribution < -0.4 is 11.5 Å². The average molecular weight is 855 g/mol. The molecule has 0 unspecified atom stereocenters. The summed E-state index contributed by atoms with van der Waals surface area (Å²) in [5.41, 5.74) is 10.0. The number of hydrogen-bond donors (Lipinski definition) is 14. The maximum Gasteiger partial charge on any atom is 0.363 e. The molecule has 0 amide bonds. The number of halogens is 2. The summed E-state index contributed by atoms with van der Waals surface area (Å²) in [6, 6.07) is 16.1. The Labute approximate surface area is 286 Å². The van der Waals surface area contributed by atoms with Crippen LogP contribution in [0.15, 0.2) is 78.9 Å². The molecule has 0 spiro atoms. The molecule has 276 valence electrons. The van der Waals surface area contributed by atoms with Crippen molar-refractivity contribution in [3.63, 3.8) is 0 Å². The monoisotopic (exact) mass is 854 g/mol. The number of hydrogen-bond acceptors (Lipinski definition) is 8. The van der Waals surface area contributed by atoms with Crippen LogP contribution >= 0.6 is 68.8 Å². The van der Waals surface area contributed by atoms with E-state index >= 15 is 0 Å². The summed E-state index contributed by atoms with van der Waals surface area (Å²) in [7, 11) is -30.9. The van der Waals surface area contributed by atoms with E-state index in [-0.39, 0.29) is 22.4 Å². The van der Waals surface area contributed by atoms with E-state index in [1.807, 2.05) is 0 Å². The minimum atomic E-state index is -5.27. The molecule has 0 aliphatic carbocycles. The minimum absolute atomic E-state index is 0.147.